The van der Waals surface area contributed by atoms with Crippen molar-refractivity contribution in [2.24, 2.45) is 5.41 Å². The summed E-state index contributed by atoms with van der Waals surface area (Å²) in [5, 5.41) is 3.71. The van der Waals surface area contributed by atoms with Crippen molar-refractivity contribution in [3.8, 4) is 0 Å². The molecule has 0 spiro atoms. The number of amides is 1. The average Bonchev–Trinajstić information content (AvgIpc) is 2.27. The van der Waals surface area contributed by atoms with Crippen molar-refractivity contribution in [3.63, 3.8) is 0 Å². The third-order valence-corrected chi connectivity index (χ3v) is 3.18. The fourth-order valence-electron chi connectivity index (χ4n) is 1.59. The van der Waals surface area contributed by atoms with Gasteiger partial charge in [-0.1, -0.05) is 51.8 Å². The number of unbranched alkanes of at least 4 members (excludes halogenated alkanes) is 1. The van der Waals surface area contributed by atoms with Crippen molar-refractivity contribution in [1.29, 1.82) is 0 Å². The van der Waals surface area contributed by atoms with Gasteiger partial charge in [-0.15, -0.1) is 0 Å². The van der Waals surface area contributed by atoms with E-state index in [-0.39, 0.29) is 5.91 Å². The lowest BCUT2D eigenvalue weighted by molar-refractivity contribution is -0.123. The van der Waals surface area contributed by atoms with Gasteiger partial charge in [0.2, 0.25) is 5.91 Å². The Morgan fingerprint density at radius 1 is 1.33 bits per heavy atom. The van der Waals surface area contributed by atoms with Crippen LogP contribution in [0.4, 0.5) is 5.69 Å². The van der Waals surface area contributed by atoms with Gasteiger partial charge in [-0.25, -0.2) is 0 Å². The van der Waals surface area contributed by atoms with Crippen molar-refractivity contribution < 1.29 is 4.79 Å². The van der Waals surface area contributed by atoms with Crippen LogP contribution in [0.25, 0.3) is 0 Å². The summed E-state index contributed by atoms with van der Waals surface area (Å²) >= 11 is 6.21. The van der Waals surface area contributed by atoms with Crippen LogP contribution in [0.15, 0.2) is 18.2 Å². The smallest absolute Gasteiger partial charge is 0.229 e. The first-order chi connectivity index (χ1) is 8.36. The number of carbonyl (C=O) groups is 1. The number of carbonyl (C=O) groups excluding carboxylic acids is 1. The molecule has 0 aliphatic rings. The number of hydrogen-bond acceptors (Lipinski definition) is 1. The van der Waals surface area contributed by atoms with Gasteiger partial charge in [0.05, 0.1) is 0 Å². The SMILES string of the molecule is CCCCc1c(Cl)cccc1NC(=O)C(C)(C)C. The molecule has 0 atom stereocenters. The Labute approximate surface area is 115 Å². The van der Waals surface area contributed by atoms with E-state index in [2.05, 4.69) is 12.2 Å². The van der Waals surface area contributed by atoms with Gasteiger partial charge in [0, 0.05) is 16.1 Å². The highest BCUT2D eigenvalue weighted by molar-refractivity contribution is 6.31. The number of halogens is 1. The molecule has 100 valence electrons. The van der Waals surface area contributed by atoms with Gasteiger partial charge in [0.1, 0.15) is 0 Å². The number of rotatable bonds is 4. The van der Waals surface area contributed by atoms with Crippen LogP contribution in [0.5, 0.6) is 0 Å². The molecule has 0 aromatic heterocycles. The molecule has 0 aliphatic heterocycles. The van der Waals surface area contributed by atoms with E-state index in [0.717, 1.165) is 35.5 Å². The van der Waals surface area contributed by atoms with E-state index < -0.39 is 5.41 Å². The first kappa shape index (κ1) is 15.0. The Kier molecular flexibility index (Phi) is 5.21. The van der Waals surface area contributed by atoms with E-state index in [4.69, 9.17) is 11.6 Å². The van der Waals surface area contributed by atoms with Gasteiger partial charge >= 0.3 is 0 Å². The Morgan fingerprint density at radius 3 is 2.56 bits per heavy atom. The largest absolute Gasteiger partial charge is 0.325 e. The second-order valence-corrected chi connectivity index (χ2v) is 5.98. The van der Waals surface area contributed by atoms with Crippen LogP contribution in [0.1, 0.15) is 46.1 Å². The molecule has 0 heterocycles. The normalized spacial score (nSPS) is 11.4. The van der Waals surface area contributed by atoms with Gasteiger partial charge in [-0.2, -0.15) is 0 Å². The average molecular weight is 268 g/mol. The number of hydrogen-bond donors (Lipinski definition) is 1. The van der Waals surface area contributed by atoms with Gasteiger partial charge in [-0.3, -0.25) is 4.79 Å². The number of nitrogens with one attached hydrogen (secondary N) is 1. The Morgan fingerprint density at radius 2 is 2.00 bits per heavy atom. The van der Waals surface area contributed by atoms with Crippen LogP contribution in [-0.2, 0) is 11.2 Å². The molecule has 18 heavy (non-hydrogen) atoms. The first-order valence-corrected chi connectivity index (χ1v) is 6.83. The molecule has 1 rings (SSSR count). The van der Waals surface area contributed by atoms with Gasteiger partial charge in [0.25, 0.3) is 0 Å². The molecular formula is C15H22ClNO. The van der Waals surface area contributed by atoms with Gasteiger partial charge < -0.3 is 5.32 Å². The molecule has 3 heteroatoms. The predicted octanol–water partition coefficient (Wildman–Crippen LogP) is 4.67. The highest BCUT2D eigenvalue weighted by Crippen LogP contribution is 2.27. The van der Waals surface area contributed by atoms with Crippen molar-refractivity contribution in [2.75, 3.05) is 5.32 Å². The minimum Gasteiger partial charge on any atom is -0.325 e. The number of anilines is 1. The molecule has 1 amide bonds. The van der Waals surface area contributed by atoms with E-state index in [0.29, 0.717) is 0 Å². The molecule has 1 N–H and O–H groups in total. The maximum Gasteiger partial charge on any atom is 0.229 e. The molecule has 2 nitrogen and oxygen atoms in total. The molecule has 0 bridgehead atoms. The van der Waals surface area contributed by atoms with E-state index in [1.165, 1.54) is 0 Å². The zero-order valence-electron chi connectivity index (χ0n) is 11.6. The monoisotopic (exact) mass is 267 g/mol. The third kappa shape index (κ3) is 4.02. The summed E-state index contributed by atoms with van der Waals surface area (Å²) in [6.07, 6.45) is 3.08. The van der Waals surface area contributed by atoms with Crippen molar-refractivity contribution in [1.82, 2.24) is 0 Å². The summed E-state index contributed by atoms with van der Waals surface area (Å²) in [4.78, 5) is 12.0. The molecule has 0 saturated carbocycles. The van der Waals surface area contributed by atoms with E-state index in [9.17, 15) is 4.79 Å². The van der Waals surface area contributed by atoms with Crippen molar-refractivity contribution >= 4 is 23.2 Å². The Balaban J connectivity index is 2.94. The van der Waals surface area contributed by atoms with Crippen LogP contribution in [0, 0.1) is 5.41 Å². The highest BCUT2D eigenvalue weighted by atomic mass is 35.5. The van der Waals surface area contributed by atoms with Gasteiger partial charge in [-0.05, 0) is 30.5 Å². The quantitative estimate of drug-likeness (QED) is 0.844. The summed E-state index contributed by atoms with van der Waals surface area (Å²) in [6.45, 7) is 7.85. The minimum absolute atomic E-state index is 0.0162. The summed E-state index contributed by atoms with van der Waals surface area (Å²) in [5.74, 6) is 0.0162. The van der Waals surface area contributed by atoms with Crippen LogP contribution in [0.3, 0.4) is 0 Å². The maximum absolute atomic E-state index is 12.0. The predicted molar refractivity (Wildman–Crippen MR) is 78.1 cm³/mol. The Hall–Kier alpha value is -1.02. The van der Waals surface area contributed by atoms with Crippen LogP contribution < -0.4 is 5.32 Å². The van der Waals surface area contributed by atoms with E-state index in [1.54, 1.807) is 0 Å². The first-order valence-electron chi connectivity index (χ1n) is 6.45. The summed E-state index contributed by atoms with van der Waals surface area (Å²) < 4.78 is 0. The lowest BCUT2D eigenvalue weighted by atomic mass is 9.95. The molecule has 0 fully saturated rings. The second kappa shape index (κ2) is 6.24. The fraction of sp³-hybridized carbons (Fsp3) is 0.533. The second-order valence-electron chi connectivity index (χ2n) is 5.57. The molecule has 1 aromatic carbocycles. The summed E-state index contributed by atoms with van der Waals surface area (Å²) in [5.41, 5.74) is 1.49. The van der Waals surface area contributed by atoms with Gasteiger partial charge in [0.15, 0.2) is 0 Å². The summed E-state index contributed by atoms with van der Waals surface area (Å²) in [7, 11) is 0. The fourth-order valence-corrected chi connectivity index (χ4v) is 1.86. The summed E-state index contributed by atoms with van der Waals surface area (Å²) in [6, 6.07) is 5.66. The maximum atomic E-state index is 12.0. The molecule has 0 radical (unpaired) electrons. The topological polar surface area (TPSA) is 29.1 Å². The zero-order chi connectivity index (χ0) is 13.8. The lowest BCUT2D eigenvalue weighted by Gasteiger charge is -2.20. The van der Waals surface area contributed by atoms with Crippen LogP contribution in [0.2, 0.25) is 5.02 Å². The van der Waals surface area contributed by atoms with Crippen LogP contribution >= 0.6 is 11.6 Å². The lowest BCUT2D eigenvalue weighted by Crippen LogP contribution is -2.28. The molecule has 0 unspecified atom stereocenters. The number of benzene rings is 1. The van der Waals surface area contributed by atoms with E-state index >= 15 is 0 Å². The standard InChI is InChI=1S/C15H22ClNO/c1-5-6-8-11-12(16)9-7-10-13(11)17-14(18)15(2,3)4/h7,9-10H,5-6,8H2,1-4H3,(H,17,18). The van der Waals surface area contributed by atoms with Crippen LogP contribution in [-0.4, -0.2) is 5.91 Å². The molecule has 1 aromatic rings. The third-order valence-electron chi connectivity index (χ3n) is 2.83. The molecule has 0 aliphatic carbocycles. The van der Waals surface area contributed by atoms with Crippen molar-refractivity contribution in [3.05, 3.63) is 28.8 Å². The van der Waals surface area contributed by atoms with E-state index in [1.807, 2.05) is 39.0 Å². The Bertz CT molecular complexity index is 421. The zero-order valence-corrected chi connectivity index (χ0v) is 12.4. The minimum atomic E-state index is -0.398. The molecule has 0 saturated heterocycles. The highest BCUT2D eigenvalue weighted by Gasteiger charge is 2.22. The molecular weight excluding hydrogens is 246 g/mol. The van der Waals surface area contributed by atoms with Crippen molar-refractivity contribution in [2.45, 2.75) is 47.0 Å².